The average Bonchev–Trinajstić information content (AvgIpc) is 2.13. The minimum Gasteiger partial charge on any atom is -0.351 e. The van der Waals surface area contributed by atoms with Crippen molar-refractivity contribution in [3.05, 3.63) is 23.9 Å². The van der Waals surface area contributed by atoms with Crippen molar-refractivity contribution in [1.29, 1.82) is 0 Å². The Labute approximate surface area is 85.1 Å². The summed E-state index contributed by atoms with van der Waals surface area (Å²) in [6, 6.07) is 4.86. The maximum Gasteiger partial charge on any atom is 0.128 e. The van der Waals surface area contributed by atoms with Gasteiger partial charge in [-0.2, -0.15) is 0 Å². The fourth-order valence-electron chi connectivity index (χ4n) is 1.73. The summed E-state index contributed by atoms with van der Waals surface area (Å²) in [6.45, 7) is 7.45. The number of aromatic nitrogens is 1. The molecule has 0 amide bonds. The van der Waals surface area contributed by atoms with Crippen molar-refractivity contribution in [2.24, 2.45) is 0 Å². The molecule has 1 saturated heterocycles. The minimum absolute atomic E-state index is 0.634. The van der Waals surface area contributed by atoms with Gasteiger partial charge in [0.05, 0.1) is 6.04 Å². The number of rotatable bonds is 3. The molecule has 2 heterocycles. The number of likely N-dealkylation sites (N-methyl/N-ethyl adjacent to an activating group) is 1. The van der Waals surface area contributed by atoms with E-state index in [1.54, 1.807) is 0 Å². The van der Waals surface area contributed by atoms with Crippen LogP contribution >= 0.6 is 0 Å². The third-order valence-electron chi connectivity index (χ3n) is 2.73. The standard InChI is InChI=1S/C11H17N3/c1-3-14(10-7-12-8-10)11-5-4-9(2)6-13-11/h4-6,10,12H,3,7-8H2,1-2H3. The third kappa shape index (κ3) is 1.73. The first-order chi connectivity index (χ1) is 6.81. The SMILES string of the molecule is CCN(c1ccc(C)cn1)C1CNC1. The second-order valence-corrected chi connectivity index (χ2v) is 3.79. The van der Waals surface area contributed by atoms with Gasteiger partial charge in [0, 0.05) is 25.8 Å². The summed E-state index contributed by atoms with van der Waals surface area (Å²) in [5.74, 6) is 1.10. The zero-order chi connectivity index (χ0) is 9.97. The van der Waals surface area contributed by atoms with Crippen molar-refractivity contribution >= 4 is 5.82 Å². The summed E-state index contributed by atoms with van der Waals surface area (Å²) in [5, 5.41) is 3.29. The Bertz CT molecular complexity index is 290. The molecule has 3 nitrogen and oxygen atoms in total. The van der Waals surface area contributed by atoms with Crippen LogP contribution in [0.25, 0.3) is 0 Å². The van der Waals surface area contributed by atoms with Gasteiger partial charge in [0.25, 0.3) is 0 Å². The minimum atomic E-state index is 0.634. The van der Waals surface area contributed by atoms with Crippen LogP contribution < -0.4 is 10.2 Å². The van der Waals surface area contributed by atoms with Gasteiger partial charge in [0.2, 0.25) is 0 Å². The van der Waals surface area contributed by atoms with Crippen LogP contribution in [0.4, 0.5) is 5.82 Å². The fraction of sp³-hybridized carbons (Fsp3) is 0.545. The van der Waals surface area contributed by atoms with Crippen molar-refractivity contribution in [2.75, 3.05) is 24.5 Å². The van der Waals surface area contributed by atoms with Crippen LogP contribution in [0.15, 0.2) is 18.3 Å². The second-order valence-electron chi connectivity index (χ2n) is 3.79. The zero-order valence-corrected chi connectivity index (χ0v) is 8.83. The van der Waals surface area contributed by atoms with E-state index < -0.39 is 0 Å². The van der Waals surface area contributed by atoms with E-state index in [1.165, 1.54) is 5.56 Å². The molecule has 1 aromatic rings. The first-order valence-corrected chi connectivity index (χ1v) is 5.21. The third-order valence-corrected chi connectivity index (χ3v) is 2.73. The number of hydrogen-bond donors (Lipinski definition) is 1. The maximum absolute atomic E-state index is 4.45. The summed E-state index contributed by atoms with van der Waals surface area (Å²) in [4.78, 5) is 6.81. The van der Waals surface area contributed by atoms with E-state index in [4.69, 9.17) is 0 Å². The first-order valence-electron chi connectivity index (χ1n) is 5.21. The number of pyridine rings is 1. The molecule has 0 bridgehead atoms. The number of anilines is 1. The van der Waals surface area contributed by atoms with Crippen molar-refractivity contribution in [2.45, 2.75) is 19.9 Å². The molecule has 0 aliphatic carbocycles. The van der Waals surface area contributed by atoms with Gasteiger partial charge in [-0.25, -0.2) is 4.98 Å². The lowest BCUT2D eigenvalue weighted by Gasteiger charge is -2.38. The number of nitrogens with one attached hydrogen (secondary N) is 1. The van der Waals surface area contributed by atoms with Gasteiger partial charge in [0.15, 0.2) is 0 Å². The molecule has 1 fully saturated rings. The summed E-state index contributed by atoms with van der Waals surface area (Å²) in [5.41, 5.74) is 1.22. The summed E-state index contributed by atoms with van der Waals surface area (Å²) in [6.07, 6.45) is 1.93. The van der Waals surface area contributed by atoms with Gasteiger partial charge in [-0.3, -0.25) is 0 Å². The summed E-state index contributed by atoms with van der Waals surface area (Å²) >= 11 is 0. The molecule has 1 aromatic heterocycles. The Morgan fingerprint density at radius 2 is 2.29 bits per heavy atom. The maximum atomic E-state index is 4.45. The zero-order valence-electron chi connectivity index (χ0n) is 8.83. The van der Waals surface area contributed by atoms with Crippen LogP contribution in [0, 0.1) is 6.92 Å². The average molecular weight is 191 g/mol. The lowest BCUT2D eigenvalue weighted by Crippen LogP contribution is -2.57. The Kier molecular flexibility index (Phi) is 2.68. The lowest BCUT2D eigenvalue weighted by molar-refractivity contribution is 0.415. The molecule has 0 unspecified atom stereocenters. The van der Waals surface area contributed by atoms with E-state index >= 15 is 0 Å². The van der Waals surface area contributed by atoms with Crippen molar-refractivity contribution in [3.8, 4) is 0 Å². The van der Waals surface area contributed by atoms with Crippen LogP contribution in [0.5, 0.6) is 0 Å². The number of nitrogens with zero attached hydrogens (tertiary/aromatic N) is 2. The molecule has 0 atom stereocenters. The second kappa shape index (κ2) is 3.96. The predicted molar refractivity (Wildman–Crippen MR) is 58.7 cm³/mol. The van der Waals surface area contributed by atoms with Gasteiger partial charge in [-0.15, -0.1) is 0 Å². The number of hydrogen-bond acceptors (Lipinski definition) is 3. The quantitative estimate of drug-likeness (QED) is 0.778. The molecule has 0 radical (unpaired) electrons. The number of aryl methyl sites for hydroxylation is 1. The van der Waals surface area contributed by atoms with Gasteiger partial charge in [0.1, 0.15) is 5.82 Å². The molecule has 1 N–H and O–H groups in total. The first kappa shape index (κ1) is 9.46. The smallest absolute Gasteiger partial charge is 0.128 e. The Hall–Kier alpha value is -1.09. The van der Waals surface area contributed by atoms with Crippen LogP contribution in [0.1, 0.15) is 12.5 Å². The van der Waals surface area contributed by atoms with Crippen molar-refractivity contribution in [1.82, 2.24) is 10.3 Å². The highest BCUT2D eigenvalue weighted by Gasteiger charge is 2.23. The highest BCUT2D eigenvalue weighted by Crippen LogP contribution is 2.15. The molecular formula is C11H17N3. The Balaban J connectivity index is 2.14. The molecule has 1 aliphatic rings. The monoisotopic (exact) mass is 191 g/mol. The van der Waals surface area contributed by atoms with E-state index in [0.717, 1.165) is 25.5 Å². The van der Waals surface area contributed by atoms with E-state index in [0.29, 0.717) is 6.04 Å². The van der Waals surface area contributed by atoms with Crippen molar-refractivity contribution < 1.29 is 0 Å². The topological polar surface area (TPSA) is 28.2 Å². The molecular weight excluding hydrogens is 174 g/mol. The Morgan fingerprint density at radius 1 is 1.50 bits per heavy atom. The highest BCUT2D eigenvalue weighted by atomic mass is 15.3. The van der Waals surface area contributed by atoms with E-state index in [1.807, 2.05) is 6.20 Å². The fourth-order valence-corrected chi connectivity index (χ4v) is 1.73. The largest absolute Gasteiger partial charge is 0.351 e. The van der Waals surface area contributed by atoms with Gasteiger partial charge >= 0.3 is 0 Å². The molecule has 2 rings (SSSR count). The summed E-state index contributed by atoms with van der Waals surface area (Å²) in [7, 11) is 0. The van der Waals surface area contributed by atoms with Crippen LogP contribution in [-0.4, -0.2) is 30.7 Å². The van der Waals surface area contributed by atoms with Gasteiger partial charge < -0.3 is 10.2 Å². The molecule has 3 heteroatoms. The molecule has 14 heavy (non-hydrogen) atoms. The highest BCUT2D eigenvalue weighted by molar-refractivity contribution is 5.41. The van der Waals surface area contributed by atoms with E-state index in [2.05, 4.69) is 41.2 Å². The Morgan fingerprint density at radius 3 is 2.71 bits per heavy atom. The van der Waals surface area contributed by atoms with E-state index in [9.17, 15) is 0 Å². The molecule has 0 spiro atoms. The molecule has 76 valence electrons. The predicted octanol–water partition coefficient (Wildman–Crippen LogP) is 1.19. The molecule has 1 aliphatic heterocycles. The van der Waals surface area contributed by atoms with Crippen LogP contribution in [0.3, 0.4) is 0 Å². The van der Waals surface area contributed by atoms with Crippen molar-refractivity contribution in [3.63, 3.8) is 0 Å². The van der Waals surface area contributed by atoms with Gasteiger partial charge in [-0.05, 0) is 25.5 Å². The molecule has 0 aromatic carbocycles. The molecule has 0 saturated carbocycles. The summed E-state index contributed by atoms with van der Waals surface area (Å²) < 4.78 is 0. The van der Waals surface area contributed by atoms with E-state index in [-0.39, 0.29) is 0 Å². The lowest BCUT2D eigenvalue weighted by atomic mass is 10.1. The van der Waals surface area contributed by atoms with Gasteiger partial charge in [-0.1, -0.05) is 6.07 Å². The van der Waals surface area contributed by atoms with Crippen LogP contribution in [0.2, 0.25) is 0 Å². The normalized spacial score (nSPS) is 16.4. The van der Waals surface area contributed by atoms with Crippen LogP contribution in [-0.2, 0) is 0 Å².